The standard InChI is InChI=1S/C28H33ClN2O2/c1-22-12-13-25(29)28(20-22)33-27(24-10-6-7-11-26(24)32-2)14-15-30-16-18-31(19-17-30)21-23-8-4-3-5-9-23/h3-13,20,27H,14-19,21H2,1-2H3/t27-/m1/s1. The smallest absolute Gasteiger partial charge is 0.139 e. The normalized spacial score (nSPS) is 15.8. The van der Waals surface area contributed by atoms with Crippen LogP contribution in [-0.2, 0) is 6.54 Å². The highest BCUT2D eigenvalue weighted by molar-refractivity contribution is 6.32. The molecule has 174 valence electrons. The minimum atomic E-state index is -0.136. The minimum absolute atomic E-state index is 0.136. The van der Waals surface area contributed by atoms with Crippen molar-refractivity contribution in [1.82, 2.24) is 9.80 Å². The Kier molecular flexibility index (Phi) is 8.27. The van der Waals surface area contributed by atoms with Crippen LogP contribution in [0, 0.1) is 6.92 Å². The number of ether oxygens (including phenoxy) is 2. The first-order valence-electron chi connectivity index (χ1n) is 11.7. The maximum atomic E-state index is 6.50. The number of aryl methyl sites for hydroxylation is 1. The quantitative estimate of drug-likeness (QED) is 0.388. The molecule has 1 heterocycles. The molecule has 0 amide bonds. The largest absolute Gasteiger partial charge is 0.496 e. The second kappa shape index (κ2) is 11.6. The van der Waals surface area contributed by atoms with E-state index in [9.17, 15) is 0 Å². The van der Waals surface area contributed by atoms with E-state index < -0.39 is 0 Å². The lowest BCUT2D eigenvalue weighted by Gasteiger charge is -2.35. The topological polar surface area (TPSA) is 24.9 Å². The van der Waals surface area contributed by atoms with E-state index >= 15 is 0 Å². The first-order valence-corrected chi connectivity index (χ1v) is 12.0. The lowest BCUT2D eigenvalue weighted by atomic mass is 10.0. The molecule has 1 fully saturated rings. The fourth-order valence-electron chi connectivity index (χ4n) is 4.38. The van der Waals surface area contributed by atoms with Gasteiger partial charge in [-0.2, -0.15) is 0 Å². The number of benzene rings is 3. The molecule has 0 radical (unpaired) electrons. The summed E-state index contributed by atoms with van der Waals surface area (Å²) in [6.07, 6.45) is 0.728. The number of halogens is 1. The van der Waals surface area contributed by atoms with Gasteiger partial charge < -0.3 is 14.4 Å². The molecule has 5 heteroatoms. The zero-order valence-electron chi connectivity index (χ0n) is 19.5. The molecule has 1 aliphatic rings. The minimum Gasteiger partial charge on any atom is -0.496 e. The number of hydrogen-bond donors (Lipinski definition) is 0. The van der Waals surface area contributed by atoms with Gasteiger partial charge in [-0.05, 0) is 36.2 Å². The number of hydrogen-bond acceptors (Lipinski definition) is 4. The van der Waals surface area contributed by atoms with E-state index in [0.717, 1.165) is 68.3 Å². The molecule has 4 nitrogen and oxygen atoms in total. The Morgan fingerprint density at radius 2 is 1.55 bits per heavy atom. The number of methoxy groups -OCH3 is 1. The van der Waals surface area contributed by atoms with E-state index in [2.05, 4.69) is 53.1 Å². The molecule has 1 saturated heterocycles. The van der Waals surface area contributed by atoms with Crippen LogP contribution < -0.4 is 9.47 Å². The molecule has 1 aliphatic heterocycles. The Hall–Kier alpha value is -2.53. The van der Waals surface area contributed by atoms with Crippen LogP contribution in [0.3, 0.4) is 0 Å². The van der Waals surface area contributed by atoms with E-state index in [-0.39, 0.29) is 6.10 Å². The van der Waals surface area contributed by atoms with Gasteiger partial charge in [0.05, 0.1) is 12.1 Å². The van der Waals surface area contributed by atoms with Gasteiger partial charge in [-0.15, -0.1) is 0 Å². The maximum absolute atomic E-state index is 6.50. The van der Waals surface area contributed by atoms with Crippen LogP contribution in [0.5, 0.6) is 11.5 Å². The van der Waals surface area contributed by atoms with Crippen molar-refractivity contribution in [2.45, 2.75) is 26.0 Å². The molecule has 33 heavy (non-hydrogen) atoms. The highest BCUT2D eigenvalue weighted by Crippen LogP contribution is 2.35. The van der Waals surface area contributed by atoms with Gasteiger partial charge in [0.1, 0.15) is 17.6 Å². The summed E-state index contributed by atoms with van der Waals surface area (Å²) in [4.78, 5) is 5.07. The third kappa shape index (κ3) is 6.50. The third-order valence-corrected chi connectivity index (χ3v) is 6.58. The van der Waals surface area contributed by atoms with Crippen LogP contribution in [0.4, 0.5) is 0 Å². The average Bonchev–Trinajstić information content (AvgIpc) is 2.85. The molecule has 4 rings (SSSR count). The van der Waals surface area contributed by atoms with Crippen LogP contribution in [0.2, 0.25) is 5.02 Å². The lowest BCUT2D eigenvalue weighted by molar-refractivity contribution is 0.106. The molecule has 0 aromatic heterocycles. The Balaban J connectivity index is 1.40. The Morgan fingerprint density at radius 1 is 0.848 bits per heavy atom. The maximum Gasteiger partial charge on any atom is 0.139 e. The van der Waals surface area contributed by atoms with Crippen molar-refractivity contribution in [3.63, 3.8) is 0 Å². The van der Waals surface area contributed by atoms with Crippen LogP contribution in [0.1, 0.15) is 29.2 Å². The van der Waals surface area contributed by atoms with Gasteiger partial charge in [0.15, 0.2) is 0 Å². The number of para-hydroxylation sites is 1. The van der Waals surface area contributed by atoms with Crippen molar-refractivity contribution >= 4 is 11.6 Å². The van der Waals surface area contributed by atoms with Gasteiger partial charge in [0.2, 0.25) is 0 Å². The first-order chi connectivity index (χ1) is 16.1. The Morgan fingerprint density at radius 3 is 2.30 bits per heavy atom. The SMILES string of the molecule is COc1ccccc1[C@@H](CCN1CCN(Cc2ccccc2)CC1)Oc1cc(C)ccc1Cl. The van der Waals surface area contributed by atoms with Crippen molar-refractivity contribution in [1.29, 1.82) is 0 Å². The van der Waals surface area contributed by atoms with Crippen LogP contribution >= 0.6 is 11.6 Å². The predicted octanol–water partition coefficient (Wildman–Crippen LogP) is 5.99. The van der Waals surface area contributed by atoms with Crippen LogP contribution in [0.15, 0.2) is 72.8 Å². The Labute approximate surface area is 202 Å². The van der Waals surface area contributed by atoms with E-state index in [0.29, 0.717) is 5.02 Å². The van der Waals surface area contributed by atoms with Crippen molar-refractivity contribution < 1.29 is 9.47 Å². The summed E-state index contributed by atoms with van der Waals surface area (Å²) in [6, 6.07) is 24.7. The van der Waals surface area contributed by atoms with E-state index in [1.165, 1.54) is 5.56 Å². The average molecular weight is 465 g/mol. The van der Waals surface area contributed by atoms with Crippen molar-refractivity contribution in [3.8, 4) is 11.5 Å². The van der Waals surface area contributed by atoms with Crippen LogP contribution in [0.25, 0.3) is 0 Å². The molecule has 0 unspecified atom stereocenters. The van der Waals surface area contributed by atoms with Crippen molar-refractivity contribution in [2.75, 3.05) is 39.8 Å². The molecule has 0 spiro atoms. The lowest BCUT2D eigenvalue weighted by Crippen LogP contribution is -2.46. The van der Waals surface area contributed by atoms with Gasteiger partial charge >= 0.3 is 0 Å². The van der Waals surface area contributed by atoms with Crippen molar-refractivity contribution in [2.24, 2.45) is 0 Å². The van der Waals surface area contributed by atoms with Gasteiger partial charge in [-0.25, -0.2) is 0 Å². The summed E-state index contributed by atoms with van der Waals surface area (Å²) in [5.74, 6) is 1.57. The molecular weight excluding hydrogens is 432 g/mol. The number of piperazine rings is 1. The highest BCUT2D eigenvalue weighted by Gasteiger charge is 2.22. The molecule has 0 aliphatic carbocycles. The van der Waals surface area contributed by atoms with E-state index in [1.54, 1.807) is 7.11 Å². The Bertz CT molecular complexity index is 1020. The summed E-state index contributed by atoms with van der Waals surface area (Å²) in [6.45, 7) is 8.33. The molecule has 0 N–H and O–H groups in total. The van der Waals surface area contributed by atoms with Gasteiger partial charge in [0.25, 0.3) is 0 Å². The first kappa shape index (κ1) is 23.6. The summed E-state index contributed by atoms with van der Waals surface area (Å²) in [5, 5.41) is 0.634. The molecule has 0 bridgehead atoms. The number of rotatable bonds is 9. The zero-order chi connectivity index (χ0) is 23.0. The summed E-state index contributed by atoms with van der Waals surface area (Å²) in [7, 11) is 1.71. The van der Waals surface area contributed by atoms with Gasteiger partial charge in [0, 0.05) is 51.3 Å². The van der Waals surface area contributed by atoms with Crippen molar-refractivity contribution in [3.05, 3.63) is 94.5 Å². The predicted molar refractivity (Wildman–Crippen MR) is 135 cm³/mol. The molecule has 3 aromatic carbocycles. The fourth-order valence-corrected chi connectivity index (χ4v) is 4.54. The number of nitrogens with zero attached hydrogens (tertiary/aromatic N) is 2. The monoisotopic (exact) mass is 464 g/mol. The summed E-state index contributed by atoms with van der Waals surface area (Å²) < 4.78 is 12.1. The fraction of sp³-hybridized carbons (Fsp3) is 0.357. The summed E-state index contributed by atoms with van der Waals surface area (Å²) >= 11 is 6.46. The summed E-state index contributed by atoms with van der Waals surface area (Å²) in [5.41, 5.74) is 3.56. The van der Waals surface area contributed by atoms with Gasteiger partial charge in [-0.1, -0.05) is 66.2 Å². The highest BCUT2D eigenvalue weighted by atomic mass is 35.5. The van der Waals surface area contributed by atoms with Crippen LogP contribution in [-0.4, -0.2) is 49.6 Å². The van der Waals surface area contributed by atoms with E-state index in [4.69, 9.17) is 21.1 Å². The second-order valence-corrected chi connectivity index (χ2v) is 9.08. The molecular formula is C28H33ClN2O2. The van der Waals surface area contributed by atoms with E-state index in [1.807, 2.05) is 36.4 Å². The molecule has 0 saturated carbocycles. The molecule has 3 aromatic rings. The zero-order valence-corrected chi connectivity index (χ0v) is 20.3. The van der Waals surface area contributed by atoms with Gasteiger partial charge in [-0.3, -0.25) is 4.90 Å². The second-order valence-electron chi connectivity index (χ2n) is 8.67. The third-order valence-electron chi connectivity index (χ3n) is 6.26. The molecule has 1 atom stereocenters.